The number of amides is 3. The number of hydrogen-bond donors (Lipinski definition) is 3. The fraction of sp³-hybridized carbons (Fsp3) is 0.200. The molecule has 106 valence electrons. The highest BCUT2D eigenvalue weighted by atomic mass is 32.2. The van der Waals surface area contributed by atoms with Gasteiger partial charge in [-0.15, -0.1) is 21.5 Å². The van der Waals surface area contributed by atoms with Gasteiger partial charge in [-0.1, -0.05) is 17.8 Å². The van der Waals surface area contributed by atoms with E-state index in [1.807, 2.05) is 22.8 Å². The molecule has 0 aliphatic carbocycles. The number of thiophene rings is 1. The Balaban J connectivity index is 1.91. The van der Waals surface area contributed by atoms with Crippen LogP contribution in [0.2, 0.25) is 0 Å². The molecule has 0 saturated carbocycles. The van der Waals surface area contributed by atoms with Crippen LogP contribution in [0.5, 0.6) is 0 Å². The van der Waals surface area contributed by atoms with E-state index in [4.69, 9.17) is 11.6 Å². The molecule has 0 spiro atoms. The van der Waals surface area contributed by atoms with Gasteiger partial charge in [0.15, 0.2) is 5.82 Å². The minimum atomic E-state index is -0.859. The number of urea groups is 1. The lowest BCUT2D eigenvalue weighted by atomic mass is 10.4. The summed E-state index contributed by atoms with van der Waals surface area (Å²) >= 11 is 2.79. The van der Waals surface area contributed by atoms with E-state index >= 15 is 0 Å². The molecule has 20 heavy (non-hydrogen) atoms. The Morgan fingerprint density at radius 1 is 1.45 bits per heavy atom. The number of thioether (sulfide) groups is 1. The van der Waals surface area contributed by atoms with Gasteiger partial charge in [0, 0.05) is 12.2 Å². The molecule has 0 aromatic carbocycles. The van der Waals surface area contributed by atoms with Crippen molar-refractivity contribution in [3.63, 3.8) is 0 Å². The van der Waals surface area contributed by atoms with Crippen molar-refractivity contribution in [3.8, 4) is 10.7 Å². The van der Waals surface area contributed by atoms with Crippen LogP contribution in [0.3, 0.4) is 0 Å². The predicted molar refractivity (Wildman–Crippen MR) is 76.6 cm³/mol. The van der Waals surface area contributed by atoms with Crippen LogP contribution in [0.15, 0.2) is 22.7 Å². The van der Waals surface area contributed by atoms with Gasteiger partial charge in [0.05, 0.1) is 4.88 Å². The van der Waals surface area contributed by atoms with Crippen LogP contribution < -0.4 is 16.9 Å². The Morgan fingerprint density at radius 2 is 2.25 bits per heavy atom. The van der Waals surface area contributed by atoms with E-state index in [-0.39, 0.29) is 6.42 Å². The zero-order valence-electron chi connectivity index (χ0n) is 10.3. The average Bonchev–Trinajstić information content (AvgIpc) is 2.99. The van der Waals surface area contributed by atoms with E-state index in [0.717, 1.165) is 4.88 Å². The molecule has 2 aromatic rings. The zero-order valence-corrected chi connectivity index (χ0v) is 11.9. The van der Waals surface area contributed by atoms with Gasteiger partial charge in [-0.25, -0.2) is 9.47 Å². The van der Waals surface area contributed by atoms with E-state index in [0.29, 0.717) is 16.7 Å². The van der Waals surface area contributed by atoms with Gasteiger partial charge < -0.3 is 11.6 Å². The van der Waals surface area contributed by atoms with Gasteiger partial charge in [-0.3, -0.25) is 10.1 Å². The molecule has 0 fully saturated rings. The first-order chi connectivity index (χ1) is 9.58. The molecule has 3 amide bonds. The van der Waals surface area contributed by atoms with Crippen molar-refractivity contribution in [1.29, 1.82) is 0 Å². The number of nitrogens with one attached hydrogen (secondary N) is 1. The van der Waals surface area contributed by atoms with E-state index in [2.05, 4.69) is 10.2 Å². The van der Waals surface area contributed by atoms with Crippen molar-refractivity contribution in [1.82, 2.24) is 20.2 Å². The van der Waals surface area contributed by atoms with Crippen LogP contribution in [-0.4, -0.2) is 32.6 Å². The number of carbonyl (C=O) groups is 2. The minimum absolute atomic E-state index is 0.134. The van der Waals surface area contributed by atoms with Crippen molar-refractivity contribution in [2.24, 2.45) is 5.73 Å². The van der Waals surface area contributed by atoms with Crippen LogP contribution in [0.25, 0.3) is 10.7 Å². The fourth-order valence-electron chi connectivity index (χ4n) is 1.38. The topological polar surface area (TPSA) is 129 Å². The second kappa shape index (κ2) is 6.39. The number of aromatic nitrogens is 3. The summed E-state index contributed by atoms with van der Waals surface area (Å²) in [5.41, 5.74) is 4.83. The first-order valence-electron chi connectivity index (χ1n) is 5.54. The number of rotatable bonds is 5. The van der Waals surface area contributed by atoms with Crippen LogP contribution >= 0.6 is 23.1 Å². The number of carbonyl (C=O) groups excluding carboxylic acids is 2. The maximum atomic E-state index is 11.2. The smallest absolute Gasteiger partial charge is 0.318 e. The summed E-state index contributed by atoms with van der Waals surface area (Å²) in [6.45, 7) is 0. The summed E-state index contributed by atoms with van der Waals surface area (Å²) in [5.74, 6) is 6.45. The van der Waals surface area contributed by atoms with Crippen molar-refractivity contribution in [3.05, 3.63) is 17.5 Å². The van der Waals surface area contributed by atoms with Crippen LogP contribution in [0.4, 0.5) is 4.79 Å². The van der Waals surface area contributed by atoms with Crippen molar-refractivity contribution in [2.45, 2.75) is 11.6 Å². The Morgan fingerprint density at radius 3 is 2.90 bits per heavy atom. The third-order valence-electron chi connectivity index (χ3n) is 2.23. The highest BCUT2D eigenvalue weighted by Gasteiger charge is 2.13. The lowest BCUT2D eigenvalue weighted by Crippen LogP contribution is -2.35. The quantitative estimate of drug-likeness (QED) is 0.541. The largest absolute Gasteiger partial charge is 0.351 e. The standard InChI is InChI=1S/C10H12N6O2S2/c11-9(18)13-7(17)3-5-20-10-15-14-8(16(10)12)6-2-1-4-19-6/h1-2,4H,3,5,12H2,(H3,11,13,17,18). The Hall–Kier alpha value is -2.07. The van der Waals surface area contributed by atoms with Crippen LogP contribution in [0, 0.1) is 0 Å². The molecule has 0 bridgehead atoms. The number of nitrogens with two attached hydrogens (primary N) is 2. The molecule has 0 aliphatic heterocycles. The van der Waals surface area contributed by atoms with Crippen LogP contribution in [-0.2, 0) is 4.79 Å². The summed E-state index contributed by atoms with van der Waals surface area (Å²) in [6.07, 6.45) is 0.134. The average molecular weight is 312 g/mol. The number of primary amides is 1. The van der Waals surface area contributed by atoms with Gasteiger partial charge in [-0.2, -0.15) is 0 Å². The Labute approximate surface area is 122 Å². The lowest BCUT2D eigenvalue weighted by Gasteiger charge is -2.02. The summed E-state index contributed by atoms with van der Waals surface area (Å²) in [4.78, 5) is 22.6. The Bertz CT molecular complexity index is 609. The Kier molecular flexibility index (Phi) is 4.58. The molecule has 2 heterocycles. The molecule has 5 N–H and O–H groups in total. The molecule has 0 atom stereocenters. The first-order valence-corrected chi connectivity index (χ1v) is 7.41. The maximum Gasteiger partial charge on any atom is 0.318 e. The second-order valence-corrected chi connectivity index (χ2v) is 5.67. The molecule has 0 aliphatic rings. The molecule has 10 heteroatoms. The molecule has 2 aromatic heterocycles. The molecule has 8 nitrogen and oxygen atoms in total. The number of hydrogen-bond acceptors (Lipinski definition) is 7. The normalized spacial score (nSPS) is 10.4. The van der Waals surface area contributed by atoms with Gasteiger partial charge in [0.25, 0.3) is 0 Å². The highest BCUT2D eigenvalue weighted by molar-refractivity contribution is 7.99. The number of imide groups is 1. The van der Waals surface area contributed by atoms with Gasteiger partial charge >= 0.3 is 6.03 Å². The molecule has 0 radical (unpaired) electrons. The summed E-state index contributed by atoms with van der Waals surface area (Å²) < 4.78 is 1.38. The fourth-order valence-corrected chi connectivity index (χ4v) is 2.88. The molecular formula is C10H12N6O2S2. The van der Waals surface area contributed by atoms with Gasteiger partial charge in [-0.05, 0) is 11.4 Å². The van der Waals surface area contributed by atoms with Crippen molar-refractivity contribution < 1.29 is 9.59 Å². The summed E-state index contributed by atoms with van der Waals surface area (Å²) in [5, 5.41) is 12.4. The highest BCUT2D eigenvalue weighted by Crippen LogP contribution is 2.25. The second-order valence-electron chi connectivity index (χ2n) is 3.66. The van der Waals surface area contributed by atoms with Crippen molar-refractivity contribution in [2.75, 3.05) is 11.6 Å². The molecular weight excluding hydrogens is 300 g/mol. The first kappa shape index (κ1) is 14.3. The third-order valence-corrected chi connectivity index (χ3v) is 4.04. The molecule has 0 saturated heterocycles. The molecule has 2 rings (SSSR count). The third kappa shape index (κ3) is 3.48. The summed E-state index contributed by atoms with van der Waals surface area (Å²) in [7, 11) is 0. The maximum absolute atomic E-state index is 11.2. The van der Waals surface area contributed by atoms with E-state index in [1.165, 1.54) is 27.8 Å². The van der Waals surface area contributed by atoms with E-state index in [9.17, 15) is 9.59 Å². The SMILES string of the molecule is NC(=O)NC(=O)CCSc1nnc(-c2cccs2)n1N. The monoisotopic (exact) mass is 312 g/mol. The summed E-state index contributed by atoms with van der Waals surface area (Å²) in [6, 6.07) is 2.93. The number of nitrogen functional groups attached to an aromatic ring is 1. The van der Waals surface area contributed by atoms with Crippen LogP contribution in [0.1, 0.15) is 6.42 Å². The minimum Gasteiger partial charge on any atom is -0.351 e. The number of nitrogens with zero attached hydrogens (tertiary/aromatic N) is 3. The van der Waals surface area contributed by atoms with Gasteiger partial charge in [0.1, 0.15) is 0 Å². The zero-order chi connectivity index (χ0) is 14.5. The van der Waals surface area contributed by atoms with Gasteiger partial charge in [0.2, 0.25) is 11.1 Å². The van der Waals surface area contributed by atoms with E-state index < -0.39 is 11.9 Å². The van der Waals surface area contributed by atoms with Crippen molar-refractivity contribution >= 4 is 35.0 Å². The van der Waals surface area contributed by atoms with E-state index in [1.54, 1.807) is 0 Å². The lowest BCUT2D eigenvalue weighted by molar-refractivity contribution is -0.119. The molecule has 0 unspecified atom stereocenters. The predicted octanol–water partition coefficient (Wildman–Crippen LogP) is 0.397.